The van der Waals surface area contributed by atoms with Crippen molar-refractivity contribution in [3.05, 3.63) is 106 Å². The van der Waals surface area contributed by atoms with E-state index in [2.05, 4.69) is 5.32 Å². The van der Waals surface area contributed by atoms with E-state index in [1.54, 1.807) is 17.0 Å². The smallest absolute Gasteiger partial charge is 0.253 e. The van der Waals surface area contributed by atoms with E-state index in [1.165, 1.54) is 12.1 Å². The number of amides is 2. The molecule has 1 N–H and O–H groups in total. The molecule has 0 spiro atoms. The highest BCUT2D eigenvalue weighted by atomic mass is 19.1. The lowest BCUT2D eigenvalue weighted by atomic mass is 9.86. The molecule has 0 radical (unpaired) electrons. The average Bonchev–Trinajstić information content (AvgIpc) is 3.24. The predicted octanol–water partition coefficient (Wildman–Crippen LogP) is 4.61. The molecular formula is C27H27FN2O2. The van der Waals surface area contributed by atoms with Crippen molar-refractivity contribution < 1.29 is 14.0 Å². The van der Waals surface area contributed by atoms with Crippen LogP contribution in [0.2, 0.25) is 0 Å². The van der Waals surface area contributed by atoms with Crippen LogP contribution < -0.4 is 5.32 Å². The van der Waals surface area contributed by atoms with Gasteiger partial charge in [0.05, 0.1) is 5.92 Å². The standard InChI is InChI=1S/C27H27FN2O2/c1-18-7-11-21(12-8-18)27(32)30-16-24(23-6-4-3-5-19(23)2)25(17-30)26(31)29-15-20-9-13-22(28)14-10-20/h3-14,24-25H,15-17H2,1-2H3,(H,29,31). The number of halogens is 1. The number of carbonyl (C=O) groups excluding carboxylic acids is 2. The molecule has 4 rings (SSSR count). The summed E-state index contributed by atoms with van der Waals surface area (Å²) >= 11 is 0. The summed E-state index contributed by atoms with van der Waals surface area (Å²) in [5.74, 6) is -0.898. The number of nitrogens with zero attached hydrogens (tertiary/aromatic N) is 1. The molecule has 1 heterocycles. The summed E-state index contributed by atoms with van der Waals surface area (Å²) in [6, 6.07) is 21.6. The molecule has 2 atom stereocenters. The van der Waals surface area contributed by atoms with Gasteiger partial charge >= 0.3 is 0 Å². The van der Waals surface area contributed by atoms with Gasteiger partial charge in [-0.3, -0.25) is 9.59 Å². The van der Waals surface area contributed by atoms with Crippen molar-refractivity contribution in [2.24, 2.45) is 5.92 Å². The van der Waals surface area contributed by atoms with E-state index in [0.29, 0.717) is 25.2 Å². The van der Waals surface area contributed by atoms with E-state index in [-0.39, 0.29) is 29.5 Å². The van der Waals surface area contributed by atoms with Gasteiger partial charge in [0, 0.05) is 31.1 Å². The number of likely N-dealkylation sites (tertiary alicyclic amines) is 1. The molecule has 0 aliphatic carbocycles. The summed E-state index contributed by atoms with van der Waals surface area (Å²) in [6.45, 7) is 5.20. The van der Waals surface area contributed by atoms with Gasteiger partial charge in [-0.2, -0.15) is 0 Å². The van der Waals surface area contributed by atoms with Crippen molar-refractivity contribution in [2.75, 3.05) is 13.1 Å². The molecule has 164 valence electrons. The average molecular weight is 431 g/mol. The van der Waals surface area contributed by atoms with Crippen LogP contribution in [0.5, 0.6) is 0 Å². The van der Waals surface area contributed by atoms with Crippen LogP contribution in [0.1, 0.15) is 38.5 Å². The summed E-state index contributed by atoms with van der Waals surface area (Å²) in [5.41, 5.74) is 4.76. The molecule has 3 aromatic rings. The minimum atomic E-state index is -0.356. The first-order valence-corrected chi connectivity index (χ1v) is 10.9. The van der Waals surface area contributed by atoms with Crippen molar-refractivity contribution in [3.8, 4) is 0 Å². The fourth-order valence-electron chi connectivity index (χ4n) is 4.35. The summed E-state index contributed by atoms with van der Waals surface area (Å²) in [4.78, 5) is 28.1. The van der Waals surface area contributed by atoms with Gasteiger partial charge in [-0.05, 0) is 54.8 Å². The van der Waals surface area contributed by atoms with Crippen LogP contribution in [0, 0.1) is 25.6 Å². The van der Waals surface area contributed by atoms with Crippen molar-refractivity contribution >= 4 is 11.8 Å². The number of aryl methyl sites for hydroxylation is 2. The summed E-state index contributed by atoms with van der Waals surface area (Å²) < 4.78 is 13.2. The molecule has 0 aromatic heterocycles. The second kappa shape index (κ2) is 9.35. The Hall–Kier alpha value is -3.47. The zero-order chi connectivity index (χ0) is 22.7. The minimum Gasteiger partial charge on any atom is -0.352 e. The molecule has 1 saturated heterocycles. The molecule has 4 nitrogen and oxygen atoms in total. The maximum atomic E-state index is 13.2. The molecule has 32 heavy (non-hydrogen) atoms. The van der Waals surface area contributed by atoms with E-state index < -0.39 is 0 Å². The van der Waals surface area contributed by atoms with Gasteiger partial charge < -0.3 is 10.2 Å². The molecule has 1 aliphatic rings. The van der Waals surface area contributed by atoms with Crippen molar-refractivity contribution in [2.45, 2.75) is 26.3 Å². The second-order valence-electron chi connectivity index (χ2n) is 8.49. The highest BCUT2D eigenvalue weighted by Gasteiger charge is 2.41. The van der Waals surface area contributed by atoms with E-state index in [9.17, 15) is 14.0 Å². The highest BCUT2D eigenvalue weighted by Crippen LogP contribution is 2.35. The zero-order valence-electron chi connectivity index (χ0n) is 18.3. The Balaban J connectivity index is 1.55. The van der Waals surface area contributed by atoms with Crippen LogP contribution in [0.3, 0.4) is 0 Å². The Kier molecular flexibility index (Phi) is 6.35. The normalized spacial score (nSPS) is 17.9. The molecule has 1 fully saturated rings. The monoisotopic (exact) mass is 430 g/mol. The molecule has 5 heteroatoms. The third-order valence-corrected chi connectivity index (χ3v) is 6.21. The third kappa shape index (κ3) is 4.72. The van der Waals surface area contributed by atoms with Gasteiger partial charge in [0.25, 0.3) is 5.91 Å². The van der Waals surface area contributed by atoms with Crippen LogP contribution in [-0.4, -0.2) is 29.8 Å². The topological polar surface area (TPSA) is 49.4 Å². The van der Waals surface area contributed by atoms with Gasteiger partial charge in [-0.25, -0.2) is 4.39 Å². The van der Waals surface area contributed by atoms with E-state index in [4.69, 9.17) is 0 Å². The lowest BCUT2D eigenvalue weighted by Crippen LogP contribution is -2.35. The fourth-order valence-corrected chi connectivity index (χ4v) is 4.35. The van der Waals surface area contributed by atoms with Crippen LogP contribution in [0.4, 0.5) is 4.39 Å². The molecule has 2 amide bonds. The van der Waals surface area contributed by atoms with Crippen LogP contribution in [0.15, 0.2) is 72.8 Å². The molecule has 1 aliphatic heterocycles. The molecular weight excluding hydrogens is 403 g/mol. The van der Waals surface area contributed by atoms with Gasteiger partial charge in [-0.1, -0.05) is 54.1 Å². The van der Waals surface area contributed by atoms with Crippen molar-refractivity contribution in [3.63, 3.8) is 0 Å². The quantitative estimate of drug-likeness (QED) is 0.642. The van der Waals surface area contributed by atoms with E-state index in [1.807, 2.05) is 62.4 Å². The Morgan fingerprint density at radius 2 is 1.62 bits per heavy atom. The third-order valence-electron chi connectivity index (χ3n) is 6.21. The Morgan fingerprint density at radius 1 is 0.938 bits per heavy atom. The second-order valence-corrected chi connectivity index (χ2v) is 8.49. The Labute approximate surface area is 188 Å². The maximum Gasteiger partial charge on any atom is 0.253 e. The van der Waals surface area contributed by atoms with E-state index in [0.717, 1.165) is 22.3 Å². The lowest BCUT2D eigenvalue weighted by molar-refractivity contribution is -0.125. The summed E-state index contributed by atoms with van der Waals surface area (Å²) in [5, 5.41) is 2.99. The number of benzene rings is 3. The Morgan fingerprint density at radius 3 is 2.31 bits per heavy atom. The number of hydrogen-bond acceptors (Lipinski definition) is 2. The largest absolute Gasteiger partial charge is 0.352 e. The minimum absolute atomic E-state index is 0.0579. The summed E-state index contributed by atoms with van der Waals surface area (Å²) in [7, 11) is 0. The lowest BCUT2D eigenvalue weighted by Gasteiger charge is -2.20. The molecule has 3 aromatic carbocycles. The van der Waals surface area contributed by atoms with Crippen LogP contribution in [-0.2, 0) is 11.3 Å². The number of nitrogens with one attached hydrogen (secondary N) is 1. The van der Waals surface area contributed by atoms with Gasteiger partial charge in [-0.15, -0.1) is 0 Å². The first-order chi connectivity index (χ1) is 15.4. The maximum absolute atomic E-state index is 13.2. The molecule has 0 bridgehead atoms. The van der Waals surface area contributed by atoms with Gasteiger partial charge in [0.15, 0.2) is 0 Å². The predicted molar refractivity (Wildman–Crippen MR) is 123 cm³/mol. The number of rotatable bonds is 5. The fraction of sp³-hybridized carbons (Fsp3) is 0.259. The molecule has 0 saturated carbocycles. The zero-order valence-corrected chi connectivity index (χ0v) is 18.3. The number of hydrogen-bond donors (Lipinski definition) is 1. The summed E-state index contributed by atoms with van der Waals surface area (Å²) in [6.07, 6.45) is 0. The first-order valence-electron chi connectivity index (χ1n) is 10.9. The van der Waals surface area contributed by atoms with Crippen LogP contribution in [0.25, 0.3) is 0 Å². The molecule has 2 unspecified atom stereocenters. The Bertz CT molecular complexity index is 1110. The van der Waals surface area contributed by atoms with Gasteiger partial charge in [0.2, 0.25) is 5.91 Å². The van der Waals surface area contributed by atoms with E-state index >= 15 is 0 Å². The van der Waals surface area contributed by atoms with Crippen molar-refractivity contribution in [1.82, 2.24) is 10.2 Å². The highest BCUT2D eigenvalue weighted by molar-refractivity contribution is 5.95. The number of carbonyl (C=O) groups is 2. The van der Waals surface area contributed by atoms with Crippen LogP contribution >= 0.6 is 0 Å². The SMILES string of the molecule is Cc1ccc(C(=O)N2CC(C(=O)NCc3ccc(F)cc3)C(c3ccccc3C)C2)cc1. The van der Waals surface area contributed by atoms with Crippen molar-refractivity contribution in [1.29, 1.82) is 0 Å². The first kappa shape index (κ1) is 21.8. The van der Waals surface area contributed by atoms with Gasteiger partial charge in [0.1, 0.15) is 5.82 Å².